The first-order valence-corrected chi connectivity index (χ1v) is 9.36. The number of nitrogens with two attached hydrogens (primary N) is 1. The van der Waals surface area contributed by atoms with Gasteiger partial charge in [-0.05, 0) is 31.0 Å². The van der Waals surface area contributed by atoms with E-state index in [0.717, 1.165) is 5.56 Å². The van der Waals surface area contributed by atoms with Crippen LogP contribution in [0.4, 0.5) is 0 Å². The maximum Gasteiger partial charge on any atom is 0.248 e. The number of sulfone groups is 1. The highest BCUT2D eigenvalue weighted by Crippen LogP contribution is 2.11. The van der Waals surface area contributed by atoms with Crippen LogP contribution in [-0.2, 0) is 16.4 Å². The fraction of sp³-hybridized carbons (Fsp3) is 0.467. The summed E-state index contributed by atoms with van der Waals surface area (Å²) < 4.78 is 23.0. The van der Waals surface area contributed by atoms with Crippen LogP contribution in [0.25, 0.3) is 0 Å². The zero-order valence-electron chi connectivity index (χ0n) is 13.5. The van der Waals surface area contributed by atoms with E-state index in [2.05, 4.69) is 15.6 Å². The Balaban J connectivity index is 0.00000288. The molecule has 1 amide bonds. The van der Waals surface area contributed by atoms with Gasteiger partial charge in [0.15, 0.2) is 15.8 Å². The molecule has 134 valence electrons. The summed E-state index contributed by atoms with van der Waals surface area (Å²) in [5.74, 6) is 0.495. The molecule has 0 bridgehead atoms. The number of primary amides is 1. The summed E-state index contributed by atoms with van der Waals surface area (Å²) in [5.41, 5.74) is 6.60. The zero-order chi connectivity index (χ0) is 16.9. The van der Waals surface area contributed by atoms with Crippen LogP contribution in [0.5, 0.6) is 0 Å². The van der Waals surface area contributed by atoms with Crippen LogP contribution in [0.1, 0.15) is 29.3 Å². The SMILES string of the molecule is CCNC(=NCc1ccc(C(N)=O)cc1)NC1CCS(=O)(=O)C1.I. The lowest BCUT2D eigenvalue weighted by molar-refractivity contribution is 0.100. The van der Waals surface area contributed by atoms with Gasteiger partial charge in [0.1, 0.15) is 0 Å². The van der Waals surface area contributed by atoms with Crippen molar-refractivity contribution in [3.8, 4) is 0 Å². The summed E-state index contributed by atoms with van der Waals surface area (Å²) in [5, 5.41) is 6.26. The van der Waals surface area contributed by atoms with Gasteiger partial charge in [0.2, 0.25) is 5.91 Å². The van der Waals surface area contributed by atoms with E-state index in [9.17, 15) is 13.2 Å². The number of aliphatic imine (C=N–C) groups is 1. The van der Waals surface area contributed by atoms with Crippen molar-refractivity contribution in [1.82, 2.24) is 10.6 Å². The van der Waals surface area contributed by atoms with E-state index < -0.39 is 15.7 Å². The predicted molar refractivity (Wildman–Crippen MR) is 105 cm³/mol. The van der Waals surface area contributed by atoms with Gasteiger partial charge >= 0.3 is 0 Å². The summed E-state index contributed by atoms with van der Waals surface area (Å²) in [7, 11) is -2.93. The van der Waals surface area contributed by atoms with E-state index in [-0.39, 0.29) is 41.5 Å². The highest BCUT2D eigenvalue weighted by Gasteiger charge is 2.28. The van der Waals surface area contributed by atoms with Crippen molar-refractivity contribution in [1.29, 1.82) is 0 Å². The number of benzene rings is 1. The molecule has 24 heavy (non-hydrogen) atoms. The molecule has 1 aliphatic heterocycles. The van der Waals surface area contributed by atoms with Gasteiger partial charge in [0.05, 0.1) is 18.1 Å². The quantitative estimate of drug-likeness (QED) is 0.335. The average Bonchev–Trinajstić information content (AvgIpc) is 2.84. The van der Waals surface area contributed by atoms with Crippen molar-refractivity contribution < 1.29 is 13.2 Å². The first-order valence-electron chi connectivity index (χ1n) is 7.53. The Morgan fingerprint density at radius 1 is 1.33 bits per heavy atom. The molecule has 0 radical (unpaired) electrons. The van der Waals surface area contributed by atoms with Crippen molar-refractivity contribution in [2.24, 2.45) is 10.7 Å². The summed E-state index contributed by atoms with van der Waals surface area (Å²) in [6.07, 6.45) is 0.597. The molecule has 4 N–H and O–H groups in total. The Bertz CT molecular complexity index is 689. The Labute approximate surface area is 159 Å². The molecule has 0 aliphatic carbocycles. The second-order valence-corrected chi connectivity index (χ2v) is 7.73. The van der Waals surface area contributed by atoms with Crippen molar-refractivity contribution in [2.75, 3.05) is 18.1 Å². The van der Waals surface area contributed by atoms with Gasteiger partial charge in [-0.3, -0.25) is 4.79 Å². The molecule has 0 aromatic heterocycles. The molecule has 0 saturated carbocycles. The van der Waals surface area contributed by atoms with Gasteiger partial charge < -0.3 is 16.4 Å². The Morgan fingerprint density at radius 3 is 2.50 bits per heavy atom. The molecule has 9 heteroatoms. The highest BCUT2D eigenvalue weighted by atomic mass is 127. The fourth-order valence-corrected chi connectivity index (χ4v) is 4.04. The summed E-state index contributed by atoms with van der Waals surface area (Å²) in [6, 6.07) is 6.82. The third kappa shape index (κ3) is 6.27. The molecule has 2 rings (SSSR count). The van der Waals surface area contributed by atoms with E-state index in [4.69, 9.17) is 5.73 Å². The lowest BCUT2D eigenvalue weighted by Gasteiger charge is -2.15. The second-order valence-electron chi connectivity index (χ2n) is 5.50. The largest absolute Gasteiger partial charge is 0.366 e. The first kappa shape index (κ1) is 20.7. The smallest absolute Gasteiger partial charge is 0.248 e. The minimum atomic E-state index is -2.93. The van der Waals surface area contributed by atoms with E-state index in [1.165, 1.54) is 0 Å². The average molecular weight is 466 g/mol. The normalized spacial score (nSPS) is 19.4. The predicted octanol–water partition coefficient (Wildman–Crippen LogP) is 0.646. The maximum absolute atomic E-state index is 11.5. The third-order valence-corrected chi connectivity index (χ3v) is 5.34. The molecule has 1 fully saturated rings. The Morgan fingerprint density at radius 2 is 2.00 bits per heavy atom. The van der Waals surface area contributed by atoms with E-state index >= 15 is 0 Å². The fourth-order valence-electron chi connectivity index (χ4n) is 2.37. The number of carbonyl (C=O) groups is 1. The molecule has 1 aliphatic rings. The highest BCUT2D eigenvalue weighted by molar-refractivity contribution is 14.0. The van der Waals surface area contributed by atoms with Crippen LogP contribution in [0.3, 0.4) is 0 Å². The van der Waals surface area contributed by atoms with Gasteiger partial charge in [-0.25, -0.2) is 13.4 Å². The summed E-state index contributed by atoms with van der Waals surface area (Å²) >= 11 is 0. The van der Waals surface area contributed by atoms with Crippen LogP contribution >= 0.6 is 24.0 Å². The number of amides is 1. The van der Waals surface area contributed by atoms with Crippen LogP contribution in [0, 0.1) is 0 Å². The number of hydrogen-bond acceptors (Lipinski definition) is 4. The molecule has 1 atom stereocenters. The molecular formula is C15H23IN4O3S. The molecule has 7 nitrogen and oxygen atoms in total. The van der Waals surface area contributed by atoms with E-state index in [1.807, 2.05) is 6.92 Å². The topological polar surface area (TPSA) is 114 Å². The molecule has 1 saturated heterocycles. The summed E-state index contributed by atoms with van der Waals surface area (Å²) in [4.78, 5) is 15.5. The van der Waals surface area contributed by atoms with Crippen molar-refractivity contribution in [3.63, 3.8) is 0 Å². The van der Waals surface area contributed by atoms with E-state index in [1.54, 1.807) is 24.3 Å². The number of halogens is 1. The van der Waals surface area contributed by atoms with Gasteiger partial charge in [-0.2, -0.15) is 0 Å². The third-order valence-electron chi connectivity index (χ3n) is 3.58. The lowest BCUT2D eigenvalue weighted by Crippen LogP contribution is -2.44. The summed E-state index contributed by atoms with van der Waals surface area (Å²) in [6.45, 7) is 3.06. The maximum atomic E-state index is 11.5. The van der Waals surface area contributed by atoms with Crippen LogP contribution in [0.2, 0.25) is 0 Å². The monoisotopic (exact) mass is 466 g/mol. The molecule has 1 heterocycles. The number of rotatable bonds is 5. The number of carbonyl (C=O) groups excluding carboxylic acids is 1. The van der Waals surface area contributed by atoms with Crippen LogP contribution < -0.4 is 16.4 Å². The number of nitrogens with one attached hydrogen (secondary N) is 2. The molecule has 1 aromatic carbocycles. The Kier molecular flexibility index (Phi) is 7.94. The second kappa shape index (κ2) is 9.21. The first-order chi connectivity index (χ1) is 10.9. The van der Waals surface area contributed by atoms with Gasteiger partial charge in [-0.15, -0.1) is 24.0 Å². The molecule has 1 unspecified atom stereocenters. The number of hydrogen-bond donors (Lipinski definition) is 3. The van der Waals surface area contributed by atoms with Crippen molar-refractivity contribution >= 4 is 45.7 Å². The Hall–Kier alpha value is -1.36. The van der Waals surface area contributed by atoms with Gasteiger partial charge in [0.25, 0.3) is 0 Å². The van der Waals surface area contributed by atoms with E-state index in [0.29, 0.717) is 31.0 Å². The minimum Gasteiger partial charge on any atom is -0.366 e. The lowest BCUT2D eigenvalue weighted by atomic mass is 10.1. The molecule has 1 aromatic rings. The van der Waals surface area contributed by atoms with Crippen LogP contribution in [0.15, 0.2) is 29.3 Å². The van der Waals surface area contributed by atoms with Gasteiger partial charge in [0, 0.05) is 18.2 Å². The molecular weight excluding hydrogens is 443 g/mol. The molecule has 0 spiro atoms. The number of guanidine groups is 1. The van der Waals surface area contributed by atoms with Crippen molar-refractivity contribution in [3.05, 3.63) is 35.4 Å². The van der Waals surface area contributed by atoms with Crippen molar-refractivity contribution in [2.45, 2.75) is 25.9 Å². The number of nitrogens with zero attached hydrogens (tertiary/aromatic N) is 1. The zero-order valence-corrected chi connectivity index (χ0v) is 16.6. The van der Waals surface area contributed by atoms with Gasteiger partial charge in [-0.1, -0.05) is 12.1 Å². The minimum absolute atomic E-state index is 0. The standard InChI is InChI=1S/C15H22N4O3S.HI/c1-2-17-15(19-13-7-8-23(21,22)10-13)18-9-11-3-5-12(6-4-11)14(16)20;/h3-6,13H,2,7-10H2,1H3,(H2,16,20)(H2,17,18,19);1H. The van der Waals surface area contributed by atoms with Crippen LogP contribution in [-0.4, -0.2) is 44.4 Å².